The Morgan fingerprint density at radius 3 is 2.88 bits per heavy atom. The fraction of sp³-hybridized carbons (Fsp3) is 0.389. The second-order valence-electron chi connectivity index (χ2n) is 6.14. The lowest BCUT2D eigenvalue weighted by Gasteiger charge is -2.25. The van der Waals surface area contributed by atoms with E-state index in [2.05, 4.69) is 10.3 Å². The van der Waals surface area contributed by atoms with Gasteiger partial charge in [0.1, 0.15) is 12.4 Å². The number of carbonyl (C=O) groups is 2. The summed E-state index contributed by atoms with van der Waals surface area (Å²) in [6.45, 7) is 2.53. The van der Waals surface area contributed by atoms with E-state index in [0.717, 1.165) is 18.5 Å². The Morgan fingerprint density at radius 1 is 1.42 bits per heavy atom. The van der Waals surface area contributed by atoms with Gasteiger partial charge in [-0.05, 0) is 31.9 Å². The Morgan fingerprint density at radius 2 is 2.23 bits per heavy atom. The molecule has 1 aliphatic heterocycles. The number of rotatable bonds is 6. The van der Waals surface area contributed by atoms with Gasteiger partial charge in [-0.25, -0.2) is 9.37 Å². The number of ether oxygens (including phenoxy) is 1. The second kappa shape index (κ2) is 8.37. The highest BCUT2D eigenvalue weighted by molar-refractivity contribution is 7.13. The number of benzene rings is 1. The minimum Gasteiger partial charge on any atom is -0.376 e. The summed E-state index contributed by atoms with van der Waals surface area (Å²) in [5, 5.41) is 4.98. The lowest BCUT2D eigenvalue weighted by atomic mass is 10.1. The van der Waals surface area contributed by atoms with Crippen molar-refractivity contribution in [3.05, 3.63) is 46.7 Å². The lowest BCUT2D eigenvalue weighted by molar-refractivity contribution is -0.117. The number of thiazole rings is 1. The molecule has 0 bridgehead atoms. The summed E-state index contributed by atoms with van der Waals surface area (Å²) in [5.74, 6) is -1.50. The van der Waals surface area contributed by atoms with Crippen molar-refractivity contribution in [2.75, 3.05) is 25.0 Å². The molecule has 0 radical (unpaired) electrons. The Balaban J connectivity index is 1.72. The molecule has 1 aliphatic rings. The monoisotopic (exact) mass is 377 g/mol. The molecule has 1 N–H and O–H groups in total. The zero-order valence-corrected chi connectivity index (χ0v) is 15.2. The van der Waals surface area contributed by atoms with Gasteiger partial charge in [-0.3, -0.25) is 9.59 Å². The summed E-state index contributed by atoms with van der Waals surface area (Å²) in [6.07, 6.45) is 1.59. The first-order valence-corrected chi connectivity index (χ1v) is 9.28. The summed E-state index contributed by atoms with van der Waals surface area (Å²) < 4.78 is 19.6. The molecule has 2 amide bonds. The van der Waals surface area contributed by atoms with Crippen molar-refractivity contribution in [1.29, 1.82) is 0 Å². The Bertz CT molecular complexity index is 789. The van der Waals surface area contributed by atoms with Crippen molar-refractivity contribution in [1.82, 2.24) is 9.88 Å². The van der Waals surface area contributed by atoms with E-state index >= 15 is 0 Å². The van der Waals surface area contributed by atoms with Crippen LogP contribution < -0.4 is 5.32 Å². The third kappa shape index (κ3) is 4.64. The van der Waals surface area contributed by atoms with E-state index in [-0.39, 0.29) is 30.7 Å². The molecular weight excluding hydrogens is 357 g/mol. The number of nitrogens with zero attached hydrogens (tertiary/aromatic N) is 2. The molecule has 1 atom stereocenters. The Kier molecular flexibility index (Phi) is 5.95. The lowest BCUT2D eigenvalue weighted by Crippen LogP contribution is -2.42. The molecule has 0 saturated carbocycles. The summed E-state index contributed by atoms with van der Waals surface area (Å²) in [7, 11) is 0. The van der Waals surface area contributed by atoms with Gasteiger partial charge in [-0.2, -0.15) is 0 Å². The van der Waals surface area contributed by atoms with Crippen LogP contribution in [0.25, 0.3) is 0 Å². The predicted molar refractivity (Wildman–Crippen MR) is 96.8 cm³/mol. The second-order valence-corrected chi connectivity index (χ2v) is 7.00. The van der Waals surface area contributed by atoms with Crippen molar-refractivity contribution in [2.24, 2.45) is 0 Å². The third-order valence-electron chi connectivity index (χ3n) is 4.04. The van der Waals surface area contributed by atoms with Gasteiger partial charge in [0.25, 0.3) is 5.91 Å². The molecule has 1 unspecified atom stereocenters. The number of hydrogen-bond donors (Lipinski definition) is 1. The van der Waals surface area contributed by atoms with Crippen LogP contribution in [-0.4, -0.2) is 47.5 Å². The highest BCUT2D eigenvalue weighted by Crippen LogP contribution is 2.18. The molecule has 1 saturated heterocycles. The molecule has 2 heterocycles. The summed E-state index contributed by atoms with van der Waals surface area (Å²) in [4.78, 5) is 30.7. The number of amides is 2. The van der Waals surface area contributed by atoms with Gasteiger partial charge in [-0.1, -0.05) is 12.1 Å². The van der Waals surface area contributed by atoms with Crippen LogP contribution in [-0.2, 0) is 9.53 Å². The van der Waals surface area contributed by atoms with Gasteiger partial charge in [0.2, 0.25) is 5.91 Å². The molecule has 1 aromatic heterocycles. The smallest absolute Gasteiger partial charge is 0.257 e. The van der Waals surface area contributed by atoms with Crippen LogP contribution in [0.2, 0.25) is 0 Å². The molecule has 26 heavy (non-hydrogen) atoms. The van der Waals surface area contributed by atoms with Gasteiger partial charge in [0.05, 0.1) is 17.4 Å². The first-order valence-electron chi connectivity index (χ1n) is 8.40. The molecule has 2 aromatic rings. The largest absolute Gasteiger partial charge is 0.376 e. The number of aromatic nitrogens is 1. The fourth-order valence-electron chi connectivity index (χ4n) is 2.80. The normalized spacial score (nSPS) is 16.5. The quantitative estimate of drug-likeness (QED) is 0.840. The number of aryl methyl sites for hydroxylation is 1. The molecule has 1 aromatic carbocycles. The van der Waals surface area contributed by atoms with Crippen LogP contribution in [0.3, 0.4) is 0 Å². The van der Waals surface area contributed by atoms with Crippen molar-refractivity contribution in [2.45, 2.75) is 25.9 Å². The molecule has 8 heteroatoms. The van der Waals surface area contributed by atoms with E-state index < -0.39 is 11.7 Å². The van der Waals surface area contributed by atoms with E-state index in [1.54, 1.807) is 6.07 Å². The van der Waals surface area contributed by atoms with Crippen molar-refractivity contribution in [3.8, 4) is 0 Å². The molecule has 1 fully saturated rings. The van der Waals surface area contributed by atoms with Gasteiger partial charge in [0, 0.05) is 18.5 Å². The standard InChI is InChI=1S/C18H20FN3O3S/c1-12-11-26-18(20-12)21-16(23)10-22(9-13-5-4-8-25-13)17(24)14-6-2-3-7-15(14)19/h2-3,6-7,11,13H,4-5,8-10H2,1H3,(H,20,21,23). The van der Waals surface area contributed by atoms with E-state index in [4.69, 9.17) is 4.74 Å². The zero-order valence-electron chi connectivity index (χ0n) is 14.4. The van der Waals surface area contributed by atoms with Crippen LogP contribution in [0.5, 0.6) is 0 Å². The maximum atomic E-state index is 14.0. The first kappa shape index (κ1) is 18.5. The minimum absolute atomic E-state index is 0.0524. The first-order chi connectivity index (χ1) is 12.5. The summed E-state index contributed by atoms with van der Waals surface area (Å²) in [5.41, 5.74) is 0.757. The van der Waals surface area contributed by atoms with E-state index in [1.807, 2.05) is 12.3 Å². The molecule has 3 rings (SSSR count). The number of halogens is 1. The topological polar surface area (TPSA) is 71.5 Å². The number of carbonyl (C=O) groups excluding carboxylic acids is 2. The van der Waals surface area contributed by atoms with Crippen LogP contribution in [0, 0.1) is 12.7 Å². The number of hydrogen-bond acceptors (Lipinski definition) is 5. The zero-order chi connectivity index (χ0) is 18.5. The fourth-order valence-corrected chi connectivity index (χ4v) is 3.51. The molecule has 0 spiro atoms. The average molecular weight is 377 g/mol. The molecule has 138 valence electrons. The van der Waals surface area contributed by atoms with Gasteiger partial charge in [0.15, 0.2) is 5.13 Å². The van der Waals surface area contributed by atoms with Crippen molar-refractivity contribution >= 4 is 28.3 Å². The van der Waals surface area contributed by atoms with Gasteiger partial charge < -0.3 is 15.0 Å². The van der Waals surface area contributed by atoms with E-state index in [9.17, 15) is 14.0 Å². The maximum absolute atomic E-state index is 14.0. The predicted octanol–water partition coefficient (Wildman–Crippen LogP) is 2.85. The Hall–Kier alpha value is -2.32. The van der Waals surface area contributed by atoms with Crippen molar-refractivity contribution in [3.63, 3.8) is 0 Å². The van der Waals surface area contributed by atoms with Gasteiger partial charge in [-0.15, -0.1) is 11.3 Å². The highest BCUT2D eigenvalue weighted by Gasteiger charge is 2.26. The molecule has 6 nitrogen and oxygen atoms in total. The summed E-state index contributed by atoms with van der Waals surface area (Å²) >= 11 is 1.31. The van der Waals surface area contributed by atoms with Crippen LogP contribution in [0.15, 0.2) is 29.6 Å². The number of anilines is 1. The van der Waals surface area contributed by atoms with E-state index in [1.165, 1.54) is 34.4 Å². The summed E-state index contributed by atoms with van der Waals surface area (Å²) in [6, 6.07) is 5.77. The average Bonchev–Trinajstić information content (AvgIpc) is 3.26. The van der Waals surface area contributed by atoms with Gasteiger partial charge >= 0.3 is 0 Å². The SMILES string of the molecule is Cc1csc(NC(=O)CN(CC2CCCO2)C(=O)c2ccccc2F)n1. The Labute approximate surface area is 155 Å². The van der Waals surface area contributed by atoms with Crippen LogP contribution >= 0.6 is 11.3 Å². The minimum atomic E-state index is -0.606. The van der Waals surface area contributed by atoms with Crippen LogP contribution in [0.4, 0.5) is 9.52 Å². The molecule has 0 aliphatic carbocycles. The number of nitrogens with one attached hydrogen (secondary N) is 1. The van der Waals surface area contributed by atoms with Crippen LogP contribution in [0.1, 0.15) is 28.9 Å². The third-order valence-corrected chi connectivity index (χ3v) is 4.91. The van der Waals surface area contributed by atoms with E-state index in [0.29, 0.717) is 11.7 Å². The molecular formula is C18H20FN3O3S. The highest BCUT2D eigenvalue weighted by atomic mass is 32.1. The maximum Gasteiger partial charge on any atom is 0.257 e. The van der Waals surface area contributed by atoms with Crippen molar-refractivity contribution < 1.29 is 18.7 Å².